The van der Waals surface area contributed by atoms with Gasteiger partial charge in [0.1, 0.15) is 5.52 Å². The first-order chi connectivity index (χ1) is 9.24. The van der Waals surface area contributed by atoms with Gasteiger partial charge in [0.15, 0.2) is 5.65 Å². The van der Waals surface area contributed by atoms with Gasteiger partial charge >= 0.3 is 6.03 Å². The first kappa shape index (κ1) is 11.9. The molecule has 2 N–H and O–H groups in total. The van der Waals surface area contributed by atoms with Crippen LogP contribution < -0.4 is 5.32 Å². The van der Waals surface area contributed by atoms with Crippen molar-refractivity contribution < 1.29 is 4.79 Å². The Hall–Kier alpha value is -2.15. The van der Waals surface area contributed by atoms with Crippen LogP contribution in [-0.2, 0) is 0 Å². The molecule has 3 rings (SSSR count). The lowest BCUT2D eigenvalue weighted by Crippen LogP contribution is -2.48. The molecule has 7 heteroatoms. The van der Waals surface area contributed by atoms with E-state index in [2.05, 4.69) is 32.2 Å². The first-order valence-electron chi connectivity index (χ1n) is 6.26. The van der Waals surface area contributed by atoms with Crippen LogP contribution in [0.1, 0.15) is 0 Å². The zero-order valence-electron chi connectivity index (χ0n) is 10.8. The van der Waals surface area contributed by atoms with Crippen molar-refractivity contribution in [2.24, 2.45) is 0 Å². The lowest BCUT2D eigenvalue weighted by atomic mass is 10.3. The quantitative estimate of drug-likeness (QED) is 0.792. The highest BCUT2D eigenvalue weighted by atomic mass is 16.2. The van der Waals surface area contributed by atoms with Crippen LogP contribution in [0.4, 0.5) is 10.5 Å². The predicted molar refractivity (Wildman–Crippen MR) is 72.0 cm³/mol. The van der Waals surface area contributed by atoms with Crippen molar-refractivity contribution in [2.75, 3.05) is 38.5 Å². The predicted octanol–water partition coefficient (Wildman–Crippen LogP) is 0.737. The number of hydrogen-bond donors (Lipinski definition) is 2. The lowest BCUT2D eigenvalue weighted by Gasteiger charge is -2.32. The fourth-order valence-electron chi connectivity index (χ4n) is 2.15. The number of nitrogens with one attached hydrogen (secondary N) is 2. The molecule has 3 heterocycles. The number of fused-ring (bicyclic) bond motifs is 1. The second-order valence-corrected chi connectivity index (χ2v) is 4.68. The fourth-order valence-corrected chi connectivity index (χ4v) is 2.15. The van der Waals surface area contributed by atoms with E-state index in [0.717, 1.165) is 26.2 Å². The molecule has 19 heavy (non-hydrogen) atoms. The molecule has 0 aromatic carbocycles. The van der Waals surface area contributed by atoms with Crippen LogP contribution in [0.3, 0.4) is 0 Å². The number of amides is 2. The largest absolute Gasteiger partial charge is 0.343 e. The maximum Gasteiger partial charge on any atom is 0.322 e. The summed E-state index contributed by atoms with van der Waals surface area (Å²) in [5.41, 5.74) is 2.04. The van der Waals surface area contributed by atoms with Crippen LogP contribution in [0.2, 0.25) is 0 Å². The molecular weight excluding hydrogens is 244 g/mol. The van der Waals surface area contributed by atoms with Gasteiger partial charge in [0.2, 0.25) is 0 Å². The number of likely N-dealkylation sites (N-methyl/N-ethyl adjacent to an activating group) is 1. The summed E-state index contributed by atoms with van der Waals surface area (Å²) >= 11 is 0. The standard InChI is InChI=1S/C12H16N6O/c1-17-4-6-18(7-5-17)12(19)16-9-8-15-11-10(9)13-2-3-14-11/h2-3,8H,4-7H2,1H3,(H,14,15)(H,16,19). The molecule has 0 radical (unpaired) electrons. The molecule has 0 spiro atoms. The second-order valence-electron chi connectivity index (χ2n) is 4.68. The van der Waals surface area contributed by atoms with Crippen LogP contribution in [0.15, 0.2) is 18.6 Å². The Kier molecular flexibility index (Phi) is 3.04. The molecule has 0 saturated carbocycles. The monoisotopic (exact) mass is 260 g/mol. The average Bonchev–Trinajstić information content (AvgIpc) is 2.83. The zero-order valence-corrected chi connectivity index (χ0v) is 10.8. The summed E-state index contributed by atoms with van der Waals surface area (Å²) in [5.74, 6) is 0. The number of hydrogen-bond acceptors (Lipinski definition) is 4. The smallest absolute Gasteiger partial charge is 0.322 e. The number of carbonyl (C=O) groups is 1. The number of urea groups is 1. The summed E-state index contributed by atoms with van der Waals surface area (Å²) in [7, 11) is 2.06. The van der Waals surface area contributed by atoms with Crippen molar-refractivity contribution in [3.8, 4) is 0 Å². The van der Waals surface area contributed by atoms with E-state index in [1.165, 1.54) is 0 Å². The Balaban J connectivity index is 1.72. The van der Waals surface area contributed by atoms with Crippen LogP contribution in [0.25, 0.3) is 11.2 Å². The first-order valence-corrected chi connectivity index (χ1v) is 6.26. The van der Waals surface area contributed by atoms with Gasteiger partial charge in [0, 0.05) is 44.8 Å². The normalized spacial score (nSPS) is 16.8. The van der Waals surface area contributed by atoms with E-state index in [0.29, 0.717) is 16.9 Å². The number of carbonyl (C=O) groups excluding carboxylic acids is 1. The van der Waals surface area contributed by atoms with Gasteiger partial charge in [0.25, 0.3) is 0 Å². The molecular formula is C12H16N6O. The van der Waals surface area contributed by atoms with Crippen LogP contribution >= 0.6 is 0 Å². The molecule has 1 fully saturated rings. The average molecular weight is 260 g/mol. The molecule has 0 atom stereocenters. The van der Waals surface area contributed by atoms with Gasteiger partial charge in [-0.2, -0.15) is 0 Å². The molecule has 7 nitrogen and oxygen atoms in total. The minimum atomic E-state index is -0.0837. The summed E-state index contributed by atoms with van der Waals surface area (Å²) in [6.07, 6.45) is 4.95. The Morgan fingerprint density at radius 2 is 2.00 bits per heavy atom. The van der Waals surface area contributed by atoms with Crippen molar-refractivity contribution >= 4 is 22.9 Å². The highest BCUT2D eigenvalue weighted by Gasteiger charge is 2.20. The Morgan fingerprint density at radius 1 is 1.26 bits per heavy atom. The van der Waals surface area contributed by atoms with Crippen molar-refractivity contribution in [2.45, 2.75) is 0 Å². The van der Waals surface area contributed by atoms with Gasteiger partial charge in [-0.25, -0.2) is 14.8 Å². The summed E-state index contributed by atoms with van der Waals surface area (Å²) < 4.78 is 0. The molecule has 0 unspecified atom stereocenters. The third-order valence-corrected chi connectivity index (χ3v) is 3.34. The van der Waals surface area contributed by atoms with Gasteiger partial charge in [-0.1, -0.05) is 0 Å². The molecule has 1 aliphatic rings. The molecule has 1 saturated heterocycles. The van der Waals surface area contributed by atoms with Crippen molar-refractivity contribution in [1.82, 2.24) is 24.8 Å². The number of nitrogens with zero attached hydrogens (tertiary/aromatic N) is 4. The van der Waals surface area contributed by atoms with E-state index < -0.39 is 0 Å². The van der Waals surface area contributed by atoms with Crippen molar-refractivity contribution in [1.29, 1.82) is 0 Å². The zero-order chi connectivity index (χ0) is 13.2. The van der Waals surface area contributed by atoms with Gasteiger partial charge in [-0.3, -0.25) is 0 Å². The van der Waals surface area contributed by atoms with E-state index in [-0.39, 0.29) is 6.03 Å². The Morgan fingerprint density at radius 3 is 2.79 bits per heavy atom. The third kappa shape index (κ3) is 2.37. The molecule has 2 aromatic heterocycles. The minimum Gasteiger partial charge on any atom is -0.343 e. The maximum atomic E-state index is 12.2. The van der Waals surface area contributed by atoms with Gasteiger partial charge in [-0.05, 0) is 7.05 Å². The number of aromatic nitrogens is 3. The molecule has 1 aliphatic heterocycles. The highest BCUT2D eigenvalue weighted by Crippen LogP contribution is 2.18. The van der Waals surface area contributed by atoms with Crippen LogP contribution in [-0.4, -0.2) is 64.0 Å². The molecule has 0 bridgehead atoms. The van der Waals surface area contributed by atoms with Crippen molar-refractivity contribution in [3.63, 3.8) is 0 Å². The van der Waals surface area contributed by atoms with Gasteiger partial charge in [0.05, 0.1) is 5.69 Å². The van der Waals surface area contributed by atoms with Crippen LogP contribution in [0, 0.1) is 0 Å². The second kappa shape index (κ2) is 4.85. The lowest BCUT2D eigenvalue weighted by molar-refractivity contribution is 0.164. The number of anilines is 1. The van der Waals surface area contributed by atoms with Crippen molar-refractivity contribution in [3.05, 3.63) is 18.6 Å². The maximum absolute atomic E-state index is 12.2. The van der Waals surface area contributed by atoms with Crippen LogP contribution in [0.5, 0.6) is 0 Å². The SMILES string of the molecule is CN1CCN(C(=O)Nc2c[nH]c3nccnc23)CC1. The van der Waals surface area contributed by atoms with E-state index in [1.807, 2.05) is 4.90 Å². The summed E-state index contributed by atoms with van der Waals surface area (Å²) in [6, 6.07) is -0.0837. The summed E-state index contributed by atoms with van der Waals surface area (Å²) in [6.45, 7) is 3.30. The molecule has 2 aromatic rings. The summed E-state index contributed by atoms with van der Waals surface area (Å²) in [5, 5.41) is 2.88. The number of rotatable bonds is 1. The molecule has 2 amide bonds. The Bertz CT molecular complexity index is 587. The van der Waals surface area contributed by atoms with E-state index in [1.54, 1.807) is 18.6 Å². The van der Waals surface area contributed by atoms with E-state index >= 15 is 0 Å². The number of aromatic amines is 1. The molecule has 100 valence electrons. The highest BCUT2D eigenvalue weighted by molar-refractivity contribution is 5.98. The van der Waals surface area contributed by atoms with Gasteiger partial charge in [-0.15, -0.1) is 0 Å². The fraction of sp³-hybridized carbons (Fsp3) is 0.417. The molecule has 0 aliphatic carbocycles. The van der Waals surface area contributed by atoms with E-state index in [4.69, 9.17) is 0 Å². The Labute approximate surface area is 110 Å². The minimum absolute atomic E-state index is 0.0837. The third-order valence-electron chi connectivity index (χ3n) is 3.34. The van der Waals surface area contributed by atoms with E-state index in [9.17, 15) is 4.79 Å². The number of H-pyrrole nitrogens is 1. The topological polar surface area (TPSA) is 77.1 Å². The van der Waals surface area contributed by atoms with Gasteiger partial charge < -0.3 is 20.1 Å². The summed E-state index contributed by atoms with van der Waals surface area (Å²) in [4.78, 5) is 27.5. The number of piperazine rings is 1.